The van der Waals surface area contributed by atoms with Gasteiger partial charge in [-0.05, 0) is 19.3 Å². The SMILES string of the molecule is O=C(c1ccno1)N1CC[C@@H]2CN(C3CCOCC3)CCO[C@@H]2C1. The zero-order chi connectivity index (χ0) is 16.4. The summed E-state index contributed by atoms with van der Waals surface area (Å²) >= 11 is 0. The second kappa shape index (κ2) is 7.21. The standard InChI is InChI=1S/C17H25N3O4/c21-17(15-1-5-18-24-15)20-6-2-13-11-19(7-10-23-16(13)12-20)14-3-8-22-9-4-14/h1,5,13-14,16H,2-4,6-12H2/t13-,16-/m1/s1. The number of ether oxygens (including phenoxy) is 2. The molecular formula is C17H25N3O4. The molecule has 3 fully saturated rings. The van der Waals surface area contributed by atoms with Crippen LogP contribution in [-0.4, -0.2) is 79.0 Å². The Kier molecular flexibility index (Phi) is 4.82. The molecule has 4 rings (SSSR count). The highest BCUT2D eigenvalue weighted by Crippen LogP contribution is 2.27. The van der Waals surface area contributed by atoms with Crippen molar-refractivity contribution in [3.8, 4) is 0 Å². The quantitative estimate of drug-likeness (QED) is 0.804. The van der Waals surface area contributed by atoms with Crippen molar-refractivity contribution >= 4 is 5.91 Å². The molecule has 7 nitrogen and oxygen atoms in total. The van der Waals surface area contributed by atoms with E-state index in [1.807, 2.05) is 4.90 Å². The number of amides is 1. The predicted molar refractivity (Wildman–Crippen MR) is 85.7 cm³/mol. The van der Waals surface area contributed by atoms with Gasteiger partial charge in [0.15, 0.2) is 0 Å². The molecule has 0 bridgehead atoms. The lowest BCUT2D eigenvalue weighted by molar-refractivity contribution is -0.0183. The molecule has 132 valence electrons. The molecule has 0 saturated carbocycles. The van der Waals surface area contributed by atoms with E-state index in [1.54, 1.807) is 6.07 Å². The first-order valence-corrected chi connectivity index (χ1v) is 8.94. The highest BCUT2D eigenvalue weighted by atomic mass is 16.5. The molecule has 0 radical (unpaired) electrons. The topological polar surface area (TPSA) is 68.0 Å². The van der Waals surface area contributed by atoms with Gasteiger partial charge >= 0.3 is 0 Å². The van der Waals surface area contributed by atoms with Crippen LogP contribution >= 0.6 is 0 Å². The second-order valence-electron chi connectivity index (χ2n) is 6.92. The van der Waals surface area contributed by atoms with Gasteiger partial charge in [-0.3, -0.25) is 9.69 Å². The number of nitrogens with zero attached hydrogens (tertiary/aromatic N) is 3. The monoisotopic (exact) mass is 335 g/mol. The summed E-state index contributed by atoms with van der Waals surface area (Å²) < 4.78 is 16.6. The largest absolute Gasteiger partial charge is 0.381 e. The summed E-state index contributed by atoms with van der Waals surface area (Å²) in [6, 6.07) is 2.24. The number of carbonyl (C=O) groups is 1. The van der Waals surface area contributed by atoms with Crippen LogP contribution in [0.25, 0.3) is 0 Å². The number of aromatic nitrogens is 1. The lowest BCUT2D eigenvalue weighted by Crippen LogP contribution is -2.50. The first-order valence-electron chi connectivity index (χ1n) is 8.94. The summed E-state index contributed by atoms with van der Waals surface area (Å²) in [7, 11) is 0. The first kappa shape index (κ1) is 16.1. The van der Waals surface area contributed by atoms with Crippen molar-refractivity contribution in [3.05, 3.63) is 18.0 Å². The molecule has 7 heteroatoms. The van der Waals surface area contributed by atoms with Gasteiger partial charge < -0.3 is 18.9 Å². The maximum atomic E-state index is 12.4. The van der Waals surface area contributed by atoms with E-state index in [0.29, 0.717) is 24.3 Å². The van der Waals surface area contributed by atoms with Crippen molar-refractivity contribution in [2.75, 3.05) is 46.0 Å². The molecule has 3 aliphatic rings. The van der Waals surface area contributed by atoms with Crippen molar-refractivity contribution in [2.24, 2.45) is 5.92 Å². The number of rotatable bonds is 2. The average Bonchev–Trinajstić information content (AvgIpc) is 3.08. The lowest BCUT2D eigenvalue weighted by atomic mass is 9.92. The van der Waals surface area contributed by atoms with E-state index < -0.39 is 0 Å². The van der Waals surface area contributed by atoms with E-state index in [2.05, 4.69) is 10.1 Å². The van der Waals surface area contributed by atoms with E-state index >= 15 is 0 Å². The third kappa shape index (κ3) is 3.34. The molecule has 4 heterocycles. The van der Waals surface area contributed by atoms with E-state index in [1.165, 1.54) is 6.20 Å². The maximum Gasteiger partial charge on any atom is 0.292 e. The molecular weight excluding hydrogens is 310 g/mol. The van der Waals surface area contributed by atoms with Crippen LogP contribution in [0.15, 0.2) is 16.8 Å². The summed E-state index contributed by atoms with van der Waals surface area (Å²) in [4.78, 5) is 16.9. The fourth-order valence-corrected chi connectivity index (χ4v) is 4.12. The molecule has 0 aromatic carbocycles. The number of likely N-dealkylation sites (tertiary alicyclic amines) is 1. The Morgan fingerprint density at radius 1 is 1.12 bits per heavy atom. The Hall–Kier alpha value is -1.44. The first-order chi connectivity index (χ1) is 11.8. The van der Waals surface area contributed by atoms with Gasteiger partial charge in [-0.2, -0.15) is 0 Å². The van der Waals surface area contributed by atoms with Crippen molar-refractivity contribution in [2.45, 2.75) is 31.4 Å². The fraction of sp³-hybridized carbons (Fsp3) is 0.765. The molecule has 0 spiro atoms. The second-order valence-corrected chi connectivity index (χ2v) is 6.92. The van der Waals surface area contributed by atoms with Crippen LogP contribution in [-0.2, 0) is 9.47 Å². The number of fused-ring (bicyclic) bond motifs is 1. The highest BCUT2D eigenvalue weighted by molar-refractivity contribution is 5.91. The number of carbonyl (C=O) groups excluding carboxylic acids is 1. The van der Waals surface area contributed by atoms with Gasteiger partial charge in [0.25, 0.3) is 5.91 Å². The number of hydrogen-bond donors (Lipinski definition) is 0. The smallest absolute Gasteiger partial charge is 0.292 e. The Morgan fingerprint density at radius 2 is 2.00 bits per heavy atom. The van der Waals surface area contributed by atoms with Gasteiger partial charge in [0.05, 0.1) is 18.9 Å². The van der Waals surface area contributed by atoms with Gasteiger partial charge in [-0.25, -0.2) is 0 Å². The van der Waals surface area contributed by atoms with Gasteiger partial charge in [0, 0.05) is 57.4 Å². The lowest BCUT2D eigenvalue weighted by Gasteiger charge is -2.39. The van der Waals surface area contributed by atoms with E-state index in [-0.39, 0.29) is 12.0 Å². The summed E-state index contributed by atoms with van der Waals surface area (Å²) in [6.07, 6.45) is 4.84. The molecule has 0 aliphatic carbocycles. The van der Waals surface area contributed by atoms with Gasteiger partial charge in [0.1, 0.15) is 0 Å². The summed E-state index contributed by atoms with van der Waals surface area (Å²) in [5, 5.41) is 3.63. The van der Waals surface area contributed by atoms with Gasteiger partial charge in [0.2, 0.25) is 5.76 Å². The van der Waals surface area contributed by atoms with Crippen molar-refractivity contribution in [3.63, 3.8) is 0 Å². The van der Waals surface area contributed by atoms with E-state index in [4.69, 9.17) is 14.0 Å². The Morgan fingerprint density at radius 3 is 2.79 bits per heavy atom. The van der Waals surface area contributed by atoms with Crippen LogP contribution in [0.2, 0.25) is 0 Å². The third-order valence-corrected chi connectivity index (χ3v) is 5.52. The Balaban J connectivity index is 1.38. The van der Waals surface area contributed by atoms with E-state index in [0.717, 1.165) is 58.7 Å². The molecule has 0 unspecified atom stereocenters. The van der Waals surface area contributed by atoms with Crippen LogP contribution in [0.5, 0.6) is 0 Å². The minimum Gasteiger partial charge on any atom is -0.381 e. The maximum absolute atomic E-state index is 12.4. The minimum absolute atomic E-state index is 0.0833. The van der Waals surface area contributed by atoms with Crippen LogP contribution < -0.4 is 0 Å². The van der Waals surface area contributed by atoms with E-state index in [9.17, 15) is 4.79 Å². The van der Waals surface area contributed by atoms with Crippen LogP contribution in [0.4, 0.5) is 0 Å². The molecule has 24 heavy (non-hydrogen) atoms. The molecule has 1 aromatic heterocycles. The summed E-state index contributed by atoms with van der Waals surface area (Å²) in [5.41, 5.74) is 0. The van der Waals surface area contributed by atoms with Gasteiger partial charge in [-0.1, -0.05) is 5.16 Å². The number of piperidine rings is 1. The minimum atomic E-state index is -0.0833. The summed E-state index contributed by atoms with van der Waals surface area (Å²) in [5.74, 6) is 0.722. The zero-order valence-corrected chi connectivity index (χ0v) is 13.9. The third-order valence-electron chi connectivity index (χ3n) is 5.52. The normalized spacial score (nSPS) is 29.9. The molecule has 3 aliphatic heterocycles. The van der Waals surface area contributed by atoms with Crippen molar-refractivity contribution in [1.29, 1.82) is 0 Å². The van der Waals surface area contributed by atoms with Crippen molar-refractivity contribution < 1.29 is 18.8 Å². The van der Waals surface area contributed by atoms with Crippen LogP contribution in [0, 0.1) is 5.92 Å². The predicted octanol–water partition coefficient (Wildman–Crippen LogP) is 1.02. The average molecular weight is 335 g/mol. The van der Waals surface area contributed by atoms with Gasteiger partial charge in [-0.15, -0.1) is 0 Å². The van der Waals surface area contributed by atoms with Crippen molar-refractivity contribution in [1.82, 2.24) is 15.0 Å². The number of hydrogen-bond acceptors (Lipinski definition) is 6. The Bertz CT molecular complexity index is 544. The molecule has 1 aromatic rings. The molecule has 1 amide bonds. The molecule has 3 saturated heterocycles. The summed E-state index contributed by atoms with van der Waals surface area (Å²) in [6.45, 7) is 5.93. The Labute approximate surface area is 141 Å². The van der Waals surface area contributed by atoms with Crippen LogP contribution in [0.1, 0.15) is 29.8 Å². The molecule has 2 atom stereocenters. The highest BCUT2D eigenvalue weighted by Gasteiger charge is 2.37. The molecule has 0 N–H and O–H groups in total. The fourth-order valence-electron chi connectivity index (χ4n) is 4.12. The van der Waals surface area contributed by atoms with Crippen LogP contribution in [0.3, 0.4) is 0 Å². The zero-order valence-electron chi connectivity index (χ0n) is 13.9.